The van der Waals surface area contributed by atoms with Gasteiger partial charge in [0.25, 0.3) is 0 Å². The first kappa shape index (κ1) is 25.1. The maximum Gasteiger partial charge on any atom is 0.187 e. The van der Waals surface area contributed by atoms with E-state index in [4.69, 9.17) is 4.74 Å². The van der Waals surface area contributed by atoms with E-state index in [0.29, 0.717) is 5.57 Å². The second kappa shape index (κ2) is 15.9. The topological polar surface area (TPSA) is 38.3 Å². The summed E-state index contributed by atoms with van der Waals surface area (Å²) in [5, 5.41) is 3.07. The van der Waals surface area contributed by atoms with Crippen molar-refractivity contribution in [2.75, 3.05) is 12.4 Å². The monoisotopic (exact) mass is 519 g/mol. The number of nitrogens with one attached hydrogen (secondary N) is 1. The van der Waals surface area contributed by atoms with Gasteiger partial charge in [-0.1, -0.05) is 88.5 Å². The second-order valence-corrected chi connectivity index (χ2v) is 7.06. The Labute approximate surface area is 202 Å². The molecule has 3 aliphatic carbocycles. The van der Waals surface area contributed by atoms with E-state index < -0.39 is 0 Å². The maximum atomic E-state index is 11.5. The molecule has 0 heterocycles. The molecular weight excluding hydrogens is 485 g/mol. The number of hydrogen-bond donors (Lipinski definition) is 1. The summed E-state index contributed by atoms with van der Waals surface area (Å²) in [6.07, 6.45) is 23.5. The van der Waals surface area contributed by atoms with E-state index in [1.54, 1.807) is 25.5 Å². The van der Waals surface area contributed by atoms with Crippen molar-refractivity contribution in [3.05, 3.63) is 60.3 Å². The minimum atomic E-state index is -0.00472. The van der Waals surface area contributed by atoms with Crippen molar-refractivity contribution in [2.45, 2.75) is 64.2 Å². The van der Waals surface area contributed by atoms with Crippen molar-refractivity contribution < 1.29 is 49.9 Å². The molecule has 1 N–H and O–H groups in total. The molecule has 0 radical (unpaired) electrons. The van der Waals surface area contributed by atoms with Crippen LogP contribution in [0.25, 0.3) is 0 Å². The van der Waals surface area contributed by atoms with Gasteiger partial charge in [-0.25, -0.2) is 0 Å². The molecule has 2 saturated carbocycles. The summed E-state index contributed by atoms with van der Waals surface area (Å²) in [6, 6.07) is 7.55. The minimum absolute atomic E-state index is 0. The Bertz CT molecular complexity index is 631. The Balaban J connectivity index is 0.000000290. The Morgan fingerprint density at radius 3 is 1.82 bits per heavy atom. The van der Waals surface area contributed by atoms with Crippen LogP contribution in [0.2, 0.25) is 0 Å². The molecule has 0 spiro atoms. The summed E-state index contributed by atoms with van der Waals surface area (Å²) in [4.78, 5) is 11.5. The number of ether oxygens (including phenoxy) is 1. The first-order chi connectivity index (χ1) is 13.3. The molecule has 3 nitrogen and oxygen atoms in total. The molecule has 1 aromatic rings. The smallest absolute Gasteiger partial charge is 0.187 e. The van der Waals surface area contributed by atoms with E-state index in [9.17, 15) is 4.79 Å². The van der Waals surface area contributed by atoms with E-state index in [-0.39, 0.29) is 46.2 Å². The summed E-state index contributed by atoms with van der Waals surface area (Å²) >= 11 is 0. The molecule has 1 aromatic carbocycles. The number of ketones is 1. The van der Waals surface area contributed by atoms with Crippen LogP contribution in [0.1, 0.15) is 64.2 Å². The molecule has 4 rings (SSSR count). The van der Waals surface area contributed by atoms with Crippen molar-refractivity contribution in [2.24, 2.45) is 0 Å². The van der Waals surface area contributed by atoms with Gasteiger partial charge in [0.1, 0.15) is 5.75 Å². The van der Waals surface area contributed by atoms with Crippen LogP contribution in [-0.2, 0) is 4.79 Å². The van der Waals surface area contributed by atoms with Gasteiger partial charge in [0.2, 0.25) is 0 Å². The molecule has 0 unspecified atom stereocenters. The molecule has 2 fully saturated rings. The number of hydrogen-bond acceptors (Lipinski definition) is 3. The third-order valence-electron chi connectivity index (χ3n) is 4.91. The molecule has 0 amide bonds. The normalized spacial score (nSPS) is 18.5. The Hall–Kier alpha value is -0.952. The number of methoxy groups -OCH3 is 1. The molecule has 152 valence electrons. The fraction of sp³-hybridized carbons (Fsp3) is 0.458. The van der Waals surface area contributed by atoms with Crippen molar-refractivity contribution in [1.82, 2.24) is 0 Å². The molecule has 0 bridgehead atoms. The molecule has 3 aliphatic rings. The van der Waals surface area contributed by atoms with Gasteiger partial charge in [0, 0.05) is 52.2 Å². The van der Waals surface area contributed by atoms with E-state index in [1.807, 2.05) is 30.3 Å². The third-order valence-corrected chi connectivity index (χ3v) is 4.91. The van der Waals surface area contributed by atoms with Gasteiger partial charge in [-0.05, 0) is 24.3 Å². The summed E-state index contributed by atoms with van der Waals surface area (Å²) in [5.74, 6) is 0.738. The van der Waals surface area contributed by atoms with Crippen LogP contribution in [0.15, 0.2) is 60.3 Å². The van der Waals surface area contributed by atoms with Crippen LogP contribution < -0.4 is 10.1 Å². The minimum Gasteiger partial charge on any atom is -0.495 e. The SMILES string of the molecule is C1CCCC1.C1CCCC1.COc1ccccc1N/C=C1\C=CC=CC1=O.[Sm]. The Morgan fingerprint density at radius 1 is 0.821 bits per heavy atom. The third kappa shape index (κ3) is 10.0. The number of anilines is 1. The van der Waals surface area contributed by atoms with Crippen LogP contribution in [0.3, 0.4) is 0 Å². The van der Waals surface area contributed by atoms with Gasteiger partial charge in [-0.3, -0.25) is 4.79 Å². The zero-order valence-electron chi connectivity index (χ0n) is 17.0. The quantitative estimate of drug-likeness (QED) is 0.460. The number of carbonyl (C=O) groups excluding carboxylic acids is 1. The van der Waals surface area contributed by atoms with Crippen molar-refractivity contribution >= 4 is 11.5 Å². The zero-order valence-corrected chi connectivity index (χ0v) is 19.6. The van der Waals surface area contributed by atoms with E-state index >= 15 is 0 Å². The largest absolute Gasteiger partial charge is 0.495 e. The fourth-order valence-electron chi connectivity index (χ4n) is 3.29. The van der Waals surface area contributed by atoms with Crippen molar-refractivity contribution in [3.63, 3.8) is 0 Å². The maximum absolute atomic E-state index is 11.5. The second-order valence-electron chi connectivity index (χ2n) is 7.06. The van der Waals surface area contributed by atoms with E-state index in [1.165, 1.54) is 70.3 Å². The average Bonchev–Trinajstić information content (AvgIpc) is 3.46. The zero-order chi connectivity index (χ0) is 19.2. The molecule has 4 heteroatoms. The standard InChI is InChI=1S/C14H13NO2.2C5H10.Sm/c1-17-14-9-5-3-7-12(14)15-10-11-6-2-4-8-13(11)16;2*1-2-4-5-3-1;/h2-10,15H,1H3;2*1-5H2;/b11-10+;;;. The first-order valence-corrected chi connectivity index (χ1v) is 10.3. The van der Waals surface area contributed by atoms with Gasteiger partial charge in [0.15, 0.2) is 5.78 Å². The van der Waals surface area contributed by atoms with Crippen LogP contribution in [0.5, 0.6) is 5.75 Å². The molecule has 28 heavy (non-hydrogen) atoms. The predicted molar refractivity (Wildman–Crippen MR) is 114 cm³/mol. The first-order valence-electron chi connectivity index (χ1n) is 10.3. The summed E-state index contributed by atoms with van der Waals surface area (Å²) in [6.45, 7) is 0. The Morgan fingerprint density at radius 2 is 1.32 bits per heavy atom. The Kier molecular flexibility index (Phi) is 14.3. The van der Waals surface area contributed by atoms with E-state index in [2.05, 4.69) is 5.32 Å². The molecule has 0 saturated heterocycles. The number of rotatable bonds is 3. The van der Waals surface area contributed by atoms with Gasteiger partial charge in [-0.2, -0.15) is 0 Å². The molecule has 0 aromatic heterocycles. The van der Waals surface area contributed by atoms with Crippen LogP contribution in [0.4, 0.5) is 5.69 Å². The summed E-state index contributed by atoms with van der Waals surface area (Å²) in [7, 11) is 1.61. The number of benzene rings is 1. The van der Waals surface area contributed by atoms with Gasteiger partial charge >= 0.3 is 0 Å². The summed E-state index contributed by atoms with van der Waals surface area (Å²) < 4.78 is 5.20. The number of carbonyl (C=O) groups is 1. The fourth-order valence-corrected chi connectivity index (χ4v) is 3.29. The van der Waals surface area contributed by atoms with Crippen LogP contribution in [0, 0.1) is 40.4 Å². The average molecular weight is 518 g/mol. The van der Waals surface area contributed by atoms with Crippen LogP contribution >= 0.6 is 0 Å². The van der Waals surface area contributed by atoms with E-state index in [0.717, 1.165) is 11.4 Å². The number of allylic oxidation sites excluding steroid dienone is 5. The van der Waals surface area contributed by atoms with Crippen LogP contribution in [-0.4, -0.2) is 12.9 Å². The molecule has 0 atom stereocenters. The van der Waals surface area contributed by atoms with Gasteiger partial charge < -0.3 is 10.1 Å². The predicted octanol–water partition coefficient (Wildman–Crippen LogP) is 6.59. The van der Waals surface area contributed by atoms with Crippen molar-refractivity contribution in [3.8, 4) is 5.75 Å². The molecule has 0 aliphatic heterocycles. The molecular formula is C24H33NO2Sm. The van der Waals surface area contributed by atoms with Gasteiger partial charge in [-0.15, -0.1) is 0 Å². The number of para-hydroxylation sites is 2. The summed E-state index contributed by atoms with van der Waals surface area (Å²) in [5.41, 5.74) is 1.46. The van der Waals surface area contributed by atoms with Crippen molar-refractivity contribution in [1.29, 1.82) is 0 Å². The van der Waals surface area contributed by atoms with Gasteiger partial charge in [0.05, 0.1) is 12.8 Å².